The molecule has 0 saturated heterocycles. The van der Waals surface area contributed by atoms with Gasteiger partial charge in [-0.3, -0.25) is 0 Å². The van der Waals surface area contributed by atoms with Crippen LogP contribution in [0.25, 0.3) is 0 Å². The molecule has 0 spiro atoms. The maximum Gasteiger partial charge on any atom is 0.172 e. The fourth-order valence-electron chi connectivity index (χ4n) is 2.09. The van der Waals surface area contributed by atoms with E-state index in [2.05, 4.69) is 46.8 Å². The van der Waals surface area contributed by atoms with Crippen molar-refractivity contribution in [2.24, 2.45) is 0 Å². The van der Waals surface area contributed by atoms with Crippen molar-refractivity contribution in [3.8, 4) is 0 Å². The van der Waals surface area contributed by atoms with Gasteiger partial charge in [-0.15, -0.1) is 0 Å². The molecule has 1 aromatic carbocycles. The summed E-state index contributed by atoms with van der Waals surface area (Å²) in [5.41, 5.74) is 2.32. The van der Waals surface area contributed by atoms with Crippen LogP contribution >= 0.6 is 12.2 Å². The highest BCUT2D eigenvalue weighted by molar-refractivity contribution is 7.80. The summed E-state index contributed by atoms with van der Waals surface area (Å²) in [5.74, 6) is 0.780. The Kier molecular flexibility index (Phi) is 5.69. The van der Waals surface area contributed by atoms with Crippen molar-refractivity contribution < 1.29 is 0 Å². The lowest BCUT2D eigenvalue weighted by molar-refractivity contribution is 0.609. The van der Waals surface area contributed by atoms with E-state index in [1.807, 2.05) is 31.2 Å². The van der Waals surface area contributed by atoms with Gasteiger partial charge in [-0.1, -0.05) is 36.4 Å². The molecule has 1 atom stereocenters. The van der Waals surface area contributed by atoms with Crippen LogP contribution in [-0.4, -0.2) is 16.1 Å². The van der Waals surface area contributed by atoms with E-state index >= 15 is 0 Å². The summed E-state index contributed by atoms with van der Waals surface area (Å²) < 4.78 is 0. The first-order valence-electron chi connectivity index (χ1n) is 7.18. The molecule has 2 rings (SSSR count). The van der Waals surface area contributed by atoms with E-state index in [9.17, 15) is 0 Å². The minimum Gasteiger partial charge on any atom is -0.360 e. The summed E-state index contributed by atoms with van der Waals surface area (Å²) in [5, 5.41) is 7.04. The molecule has 0 fully saturated rings. The largest absolute Gasteiger partial charge is 0.360 e. The third-order valence-corrected chi connectivity index (χ3v) is 3.44. The molecule has 0 saturated carbocycles. The van der Waals surface area contributed by atoms with E-state index in [1.165, 1.54) is 5.56 Å². The predicted molar refractivity (Wildman–Crippen MR) is 92.6 cm³/mol. The van der Waals surface area contributed by atoms with E-state index in [4.69, 9.17) is 12.2 Å². The normalized spacial score (nSPS) is 11.7. The summed E-state index contributed by atoms with van der Waals surface area (Å²) >= 11 is 5.32. The topological polar surface area (TPSA) is 37.0 Å². The highest BCUT2D eigenvalue weighted by Crippen LogP contribution is 2.06. The molecule has 3 nitrogen and oxygen atoms in total. The van der Waals surface area contributed by atoms with Crippen LogP contribution in [0.5, 0.6) is 0 Å². The molecule has 1 unspecified atom stereocenters. The van der Waals surface area contributed by atoms with Crippen molar-refractivity contribution in [2.45, 2.75) is 32.7 Å². The van der Waals surface area contributed by atoms with E-state index in [0.717, 1.165) is 24.4 Å². The summed E-state index contributed by atoms with van der Waals surface area (Å²) in [6.45, 7) is 4.10. The van der Waals surface area contributed by atoms with Crippen molar-refractivity contribution in [3.05, 3.63) is 59.8 Å². The molecule has 0 aliphatic heterocycles. The average Bonchev–Trinajstić information content (AvgIpc) is 2.46. The highest BCUT2D eigenvalue weighted by Gasteiger charge is 2.05. The Balaban J connectivity index is 1.77. The first-order valence-corrected chi connectivity index (χ1v) is 7.59. The maximum absolute atomic E-state index is 5.32. The van der Waals surface area contributed by atoms with Gasteiger partial charge < -0.3 is 10.6 Å². The van der Waals surface area contributed by atoms with Crippen molar-refractivity contribution in [3.63, 3.8) is 0 Å². The van der Waals surface area contributed by atoms with E-state index in [-0.39, 0.29) is 0 Å². The quantitative estimate of drug-likeness (QED) is 0.826. The van der Waals surface area contributed by atoms with Gasteiger partial charge in [-0.05, 0) is 56.6 Å². The Morgan fingerprint density at radius 2 is 1.90 bits per heavy atom. The van der Waals surface area contributed by atoms with Crippen molar-refractivity contribution in [2.75, 3.05) is 5.32 Å². The molecule has 0 bridgehead atoms. The van der Waals surface area contributed by atoms with Crippen LogP contribution in [0.2, 0.25) is 0 Å². The van der Waals surface area contributed by atoms with E-state index in [1.54, 1.807) is 0 Å². The number of pyridine rings is 1. The molecule has 0 amide bonds. The fourth-order valence-corrected chi connectivity index (χ4v) is 2.39. The lowest BCUT2D eigenvalue weighted by Crippen LogP contribution is -2.36. The number of rotatable bonds is 5. The Labute approximate surface area is 131 Å². The second kappa shape index (κ2) is 7.74. The summed E-state index contributed by atoms with van der Waals surface area (Å²) in [6.07, 6.45) is 2.08. The first-order chi connectivity index (χ1) is 10.1. The number of hydrogen-bond acceptors (Lipinski definition) is 2. The van der Waals surface area contributed by atoms with E-state index < -0.39 is 0 Å². The standard InChI is InChI=1S/C17H21N3S/c1-13-7-6-10-16(18-13)20-17(21)19-14(2)11-12-15-8-4-3-5-9-15/h3-10,14H,11-12H2,1-2H3,(H2,18,19,20,21). The van der Waals surface area contributed by atoms with Crippen LogP contribution in [-0.2, 0) is 6.42 Å². The zero-order valence-corrected chi connectivity index (χ0v) is 13.3. The monoisotopic (exact) mass is 299 g/mol. The van der Waals surface area contributed by atoms with Gasteiger partial charge in [-0.2, -0.15) is 0 Å². The molecular formula is C17H21N3S. The van der Waals surface area contributed by atoms with Crippen LogP contribution < -0.4 is 10.6 Å². The Morgan fingerprint density at radius 3 is 2.62 bits per heavy atom. The second-order valence-corrected chi connectivity index (χ2v) is 5.60. The van der Waals surface area contributed by atoms with Gasteiger partial charge >= 0.3 is 0 Å². The SMILES string of the molecule is Cc1cccc(NC(=S)NC(C)CCc2ccccc2)n1. The molecule has 0 radical (unpaired) electrons. The highest BCUT2D eigenvalue weighted by atomic mass is 32.1. The van der Waals surface area contributed by atoms with Crippen LogP contribution in [0.4, 0.5) is 5.82 Å². The van der Waals surface area contributed by atoms with Crippen molar-refractivity contribution >= 4 is 23.1 Å². The zero-order chi connectivity index (χ0) is 15.1. The molecule has 1 aromatic heterocycles. The minimum absolute atomic E-state index is 0.315. The van der Waals surface area contributed by atoms with Crippen LogP contribution in [0, 0.1) is 6.92 Å². The fraction of sp³-hybridized carbons (Fsp3) is 0.294. The smallest absolute Gasteiger partial charge is 0.172 e. The maximum atomic E-state index is 5.32. The number of thiocarbonyl (C=S) groups is 1. The van der Waals surface area contributed by atoms with Crippen molar-refractivity contribution in [1.29, 1.82) is 0 Å². The van der Waals surface area contributed by atoms with Gasteiger partial charge in [0.2, 0.25) is 0 Å². The van der Waals surface area contributed by atoms with Gasteiger partial charge in [0.15, 0.2) is 5.11 Å². The second-order valence-electron chi connectivity index (χ2n) is 5.19. The number of aromatic nitrogens is 1. The van der Waals surface area contributed by atoms with Gasteiger partial charge in [0, 0.05) is 11.7 Å². The zero-order valence-electron chi connectivity index (χ0n) is 12.5. The predicted octanol–water partition coefficient (Wildman–Crippen LogP) is 3.70. The lowest BCUT2D eigenvalue weighted by atomic mass is 10.1. The molecule has 110 valence electrons. The summed E-state index contributed by atoms with van der Waals surface area (Å²) in [6, 6.07) is 16.6. The third-order valence-electron chi connectivity index (χ3n) is 3.22. The first kappa shape index (κ1) is 15.4. The molecule has 1 heterocycles. The number of anilines is 1. The summed E-state index contributed by atoms with van der Waals surface area (Å²) in [4.78, 5) is 4.38. The Morgan fingerprint density at radius 1 is 1.14 bits per heavy atom. The number of nitrogens with zero attached hydrogens (tertiary/aromatic N) is 1. The van der Waals surface area contributed by atoms with Gasteiger partial charge in [0.25, 0.3) is 0 Å². The minimum atomic E-state index is 0.315. The number of nitrogens with one attached hydrogen (secondary N) is 2. The number of hydrogen-bond donors (Lipinski definition) is 2. The van der Waals surface area contributed by atoms with Gasteiger partial charge in [0.05, 0.1) is 0 Å². The molecule has 2 aromatic rings. The van der Waals surface area contributed by atoms with Gasteiger partial charge in [0.1, 0.15) is 5.82 Å². The Hall–Kier alpha value is -1.94. The lowest BCUT2D eigenvalue weighted by Gasteiger charge is -2.16. The van der Waals surface area contributed by atoms with Crippen molar-refractivity contribution in [1.82, 2.24) is 10.3 Å². The third kappa shape index (κ3) is 5.52. The molecular weight excluding hydrogens is 278 g/mol. The van der Waals surface area contributed by atoms with Gasteiger partial charge in [-0.25, -0.2) is 4.98 Å². The van der Waals surface area contributed by atoms with Crippen LogP contribution in [0.1, 0.15) is 24.6 Å². The molecule has 2 N–H and O–H groups in total. The average molecular weight is 299 g/mol. The van der Waals surface area contributed by atoms with E-state index in [0.29, 0.717) is 11.2 Å². The summed E-state index contributed by atoms with van der Waals surface area (Å²) in [7, 11) is 0. The molecule has 21 heavy (non-hydrogen) atoms. The molecule has 0 aliphatic carbocycles. The van der Waals surface area contributed by atoms with Crippen LogP contribution in [0.3, 0.4) is 0 Å². The molecule has 4 heteroatoms. The van der Waals surface area contributed by atoms with Crippen LogP contribution in [0.15, 0.2) is 48.5 Å². The number of benzene rings is 1. The molecule has 0 aliphatic rings. The Bertz CT molecular complexity index is 584. The number of aryl methyl sites for hydroxylation is 2.